The molecule has 6 heteroatoms. The number of hydrogen-bond acceptors (Lipinski definition) is 5. The predicted octanol–water partition coefficient (Wildman–Crippen LogP) is 5.04. The van der Waals surface area contributed by atoms with Gasteiger partial charge < -0.3 is 9.64 Å². The van der Waals surface area contributed by atoms with Gasteiger partial charge in [0.15, 0.2) is 0 Å². The van der Waals surface area contributed by atoms with Crippen LogP contribution >= 0.6 is 11.8 Å². The molecule has 0 unspecified atom stereocenters. The first kappa shape index (κ1) is 20.4. The Balaban J connectivity index is 1.60. The van der Waals surface area contributed by atoms with Crippen molar-refractivity contribution in [1.29, 1.82) is 5.26 Å². The van der Waals surface area contributed by atoms with Crippen molar-refractivity contribution >= 4 is 23.4 Å². The second kappa shape index (κ2) is 8.45. The summed E-state index contributed by atoms with van der Waals surface area (Å²) in [6, 6.07) is 18.6. The van der Waals surface area contributed by atoms with Crippen LogP contribution < -0.4 is 9.64 Å². The monoisotopic (exact) mass is 419 g/mol. The minimum atomic E-state index is -0.171. The molecule has 4 rings (SSSR count). The minimum Gasteiger partial charge on any atom is -0.497 e. The first-order valence-electron chi connectivity index (χ1n) is 10.1. The molecule has 2 aliphatic rings. The van der Waals surface area contributed by atoms with Crippen LogP contribution in [0.3, 0.4) is 0 Å². The number of rotatable bonds is 4. The zero-order valence-corrected chi connectivity index (χ0v) is 18.3. The molecule has 0 aromatic heterocycles. The number of nitrogens with zero attached hydrogens (tertiary/aromatic N) is 3. The first-order chi connectivity index (χ1) is 14.5. The van der Waals surface area contributed by atoms with E-state index in [1.54, 1.807) is 23.8 Å². The molecule has 0 radical (unpaired) electrons. The zero-order valence-electron chi connectivity index (χ0n) is 17.5. The summed E-state index contributed by atoms with van der Waals surface area (Å²) in [6.07, 6.45) is 0.324. The second-order valence-corrected chi connectivity index (χ2v) is 8.82. The number of benzene rings is 2. The highest BCUT2D eigenvalue weighted by molar-refractivity contribution is 8.03. The summed E-state index contributed by atoms with van der Waals surface area (Å²) in [5, 5.41) is 10.7. The Hall–Kier alpha value is -2.91. The second-order valence-electron chi connectivity index (χ2n) is 7.88. The number of carbonyl (C=O) groups excluding carboxylic acids is 1. The van der Waals surface area contributed by atoms with Crippen LogP contribution in [0.2, 0.25) is 0 Å². The molecule has 1 fully saturated rings. The highest BCUT2D eigenvalue weighted by Crippen LogP contribution is 2.43. The van der Waals surface area contributed by atoms with Crippen molar-refractivity contribution in [2.24, 2.45) is 0 Å². The van der Waals surface area contributed by atoms with Crippen LogP contribution in [-0.4, -0.2) is 30.5 Å². The average Bonchev–Trinajstić information content (AvgIpc) is 2.79. The molecule has 2 aromatic carbocycles. The van der Waals surface area contributed by atoms with E-state index in [0.717, 1.165) is 22.0 Å². The third-order valence-electron chi connectivity index (χ3n) is 5.74. The Morgan fingerprint density at radius 1 is 1.13 bits per heavy atom. The van der Waals surface area contributed by atoms with Crippen LogP contribution in [0.1, 0.15) is 43.2 Å². The van der Waals surface area contributed by atoms with Crippen LogP contribution in [0.5, 0.6) is 5.75 Å². The van der Waals surface area contributed by atoms with Gasteiger partial charge in [-0.05, 0) is 41.3 Å². The van der Waals surface area contributed by atoms with Crippen LogP contribution in [0.15, 0.2) is 59.1 Å². The molecule has 154 valence electrons. The number of hydrogen-bond donors (Lipinski definition) is 0. The SMILES string of the molecule is COc1ccc(N2CSC3=C(C#N)[C@H](c4ccc(C(C)C)cc4)CC(=O)N3C2)cc1. The maximum atomic E-state index is 13.0. The predicted molar refractivity (Wildman–Crippen MR) is 120 cm³/mol. The van der Waals surface area contributed by atoms with Gasteiger partial charge in [0, 0.05) is 18.0 Å². The van der Waals surface area contributed by atoms with Gasteiger partial charge in [-0.25, -0.2) is 0 Å². The normalized spacial score (nSPS) is 19.0. The van der Waals surface area contributed by atoms with Gasteiger partial charge in [0.05, 0.1) is 36.3 Å². The van der Waals surface area contributed by atoms with Crippen LogP contribution in [0, 0.1) is 11.3 Å². The number of thioether (sulfide) groups is 1. The lowest BCUT2D eigenvalue weighted by Gasteiger charge is -2.42. The Morgan fingerprint density at radius 2 is 1.83 bits per heavy atom. The van der Waals surface area contributed by atoms with Crippen LogP contribution in [0.25, 0.3) is 0 Å². The minimum absolute atomic E-state index is 0.0626. The fraction of sp³-hybridized carbons (Fsp3) is 0.333. The largest absolute Gasteiger partial charge is 0.497 e. The first-order valence-corrected chi connectivity index (χ1v) is 11.1. The lowest BCUT2D eigenvalue weighted by molar-refractivity contribution is -0.129. The van der Waals surface area contributed by atoms with Crippen molar-refractivity contribution in [2.45, 2.75) is 32.1 Å². The summed E-state index contributed by atoms with van der Waals surface area (Å²) in [5.41, 5.74) is 4.02. The van der Waals surface area contributed by atoms with E-state index < -0.39 is 0 Å². The molecule has 0 N–H and O–H groups in total. The van der Waals surface area contributed by atoms with Gasteiger partial charge in [-0.15, -0.1) is 0 Å². The molecule has 5 nitrogen and oxygen atoms in total. The van der Waals surface area contributed by atoms with Gasteiger partial charge in [-0.3, -0.25) is 9.69 Å². The summed E-state index contributed by atoms with van der Waals surface area (Å²) in [7, 11) is 1.64. The maximum absolute atomic E-state index is 13.0. The van der Waals surface area contributed by atoms with Gasteiger partial charge >= 0.3 is 0 Å². The highest BCUT2D eigenvalue weighted by atomic mass is 32.2. The summed E-state index contributed by atoms with van der Waals surface area (Å²) in [4.78, 5) is 16.9. The van der Waals surface area contributed by atoms with Crippen molar-refractivity contribution in [3.63, 3.8) is 0 Å². The molecule has 0 spiro atoms. The van der Waals surface area contributed by atoms with E-state index >= 15 is 0 Å². The van der Waals surface area contributed by atoms with Crippen molar-refractivity contribution < 1.29 is 9.53 Å². The van der Waals surface area contributed by atoms with Gasteiger partial charge in [0.1, 0.15) is 5.75 Å². The number of nitriles is 1. The van der Waals surface area contributed by atoms with E-state index in [0.29, 0.717) is 30.5 Å². The summed E-state index contributed by atoms with van der Waals surface area (Å²) in [5.74, 6) is 1.84. The molecule has 0 aliphatic carbocycles. The van der Waals surface area contributed by atoms with E-state index in [1.807, 2.05) is 24.3 Å². The fourth-order valence-corrected chi connectivity index (χ4v) is 5.08. The van der Waals surface area contributed by atoms with E-state index in [2.05, 4.69) is 49.1 Å². The van der Waals surface area contributed by atoms with E-state index in [4.69, 9.17) is 4.74 Å². The molecule has 1 amide bonds. The number of anilines is 1. The summed E-state index contributed by atoms with van der Waals surface area (Å²) in [6.45, 7) is 4.78. The van der Waals surface area contributed by atoms with Crippen molar-refractivity contribution in [3.05, 3.63) is 70.3 Å². The lowest BCUT2D eigenvalue weighted by Crippen LogP contribution is -2.47. The number of methoxy groups -OCH3 is 1. The van der Waals surface area contributed by atoms with Crippen molar-refractivity contribution in [3.8, 4) is 11.8 Å². The lowest BCUT2D eigenvalue weighted by atomic mass is 9.85. The summed E-state index contributed by atoms with van der Waals surface area (Å²) < 4.78 is 5.23. The number of ether oxygens (including phenoxy) is 1. The number of fused-ring (bicyclic) bond motifs is 1. The van der Waals surface area contributed by atoms with Crippen LogP contribution in [0.4, 0.5) is 5.69 Å². The smallest absolute Gasteiger partial charge is 0.229 e. The van der Waals surface area contributed by atoms with Crippen LogP contribution in [-0.2, 0) is 4.79 Å². The van der Waals surface area contributed by atoms with Gasteiger partial charge in [0.25, 0.3) is 0 Å². The molecule has 0 bridgehead atoms. The molecule has 0 saturated carbocycles. The standard InChI is InChI=1S/C24H25N3O2S/c1-16(2)17-4-6-18(7-5-17)21-12-23(28)27-14-26(15-30-24(27)22(21)13-25)19-8-10-20(29-3)11-9-19/h4-11,16,21H,12,14-15H2,1-3H3/t21-/m0/s1. The molecular formula is C24H25N3O2S. The molecule has 2 heterocycles. The Labute approximate surface area is 181 Å². The Kier molecular flexibility index (Phi) is 5.74. The third kappa shape index (κ3) is 3.78. The van der Waals surface area contributed by atoms with E-state index in [1.165, 1.54) is 5.56 Å². The van der Waals surface area contributed by atoms with Gasteiger partial charge in [-0.1, -0.05) is 49.9 Å². The topological polar surface area (TPSA) is 56.6 Å². The number of carbonyl (C=O) groups is 1. The quantitative estimate of drug-likeness (QED) is 0.695. The van der Waals surface area contributed by atoms with E-state index in [-0.39, 0.29) is 11.8 Å². The maximum Gasteiger partial charge on any atom is 0.229 e. The number of amides is 1. The van der Waals surface area contributed by atoms with Crippen molar-refractivity contribution in [1.82, 2.24) is 4.90 Å². The molecular weight excluding hydrogens is 394 g/mol. The zero-order chi connectivity index (χ0) is 21.3. The highest BCUT2D eigenvalue weighted by Gasteiger charge is 2.38. The van der Waals surface area contributed by atoms with Gasteiger partial charge in [0.2, 0.25) is 5.91 Å². The Bertz CT molecular complexity index is 1010. The van der Waals surface area contributed by atoms with E-state index in [9.17, 15) is 10.1 Å². The molecule has 1 atom stereocenters. The molecule has 2 aromatic rings. The summed E-state index contributed by atoms with van der Waals surface area (Å²) >= 11 is 1.56. The van der Waals surface area contributed by atoms with Gasteiger partial charge in [-0.2, -0.15) is 5.26 Å². The Morgan fingerprint density at radius 3 is 2.43 bits per heavy atom. The average molecular weight is 420 g/mol. The van der Waals surface area contributed by atoms with Crippen molar-refractivity contribution in [2.75, 3.05) is 24.6 Å². The molecule has 1 saturated heterocycles. The molecule has 2 aliphatic heterocycles. The number of allylic oxidation sites excluding steroid dienone is 1. The molecule has 30 heavy (non-hydrogen) atoms. The fourth-order valence-electron chi connectivity index (χ4n) is 3.92. The third-order valence-corrected chi connectivity index (χ3v) is 6.89.